The molecule has 0 fully saturated rings. The molecule has 28 nitrogen and oxygen atoms in total. The Kier molecular flexibility index (Phi) is 14.9. The van der Waals surface area contributed by atoms with Gasteiger partial charge < -0.3 is 16.6 Å². The van der Waals surface area contributed by atoms with Crippen LogP contribution in [-0.2, 0) is 59.0 Å². The highest BCUT2D eigenvalue weighted by molar-refractivity contribution is 7.92. The Morgan fingerprint density at radius 2 is 1.00 bits per heavy atom. The first-order chi connectivity index (χ1) is 28.6. The minimum absolute atomic E-state index is 0.0218. The van der Waals surface area contributed by atoms with E-state index < -0.39 is 131 Å². The summed E-state index contributed by atoms with van der Waals surface area (Å²) in [5.74, 6) is -3.76. The number of aromatic carboxylic acids is 1. The lowest BCUT2D eigenvalue weighted by atomic mass is 10.1. The topological polar surface area (TPSA) is 457 Å². The zero-order valence-corrected chi connectivity index (χ0v) is 34.6. The van der Waals surface area contributed by atoms with Gasteiger partial charge in [-0.3, -0.25) is 24.1 Å². The van der Waals surface area contributed by atoms with Crippen molar-refractivity contribution in [3.8, 4) is 0 Å². The van der Waals surface area contributed by atoms with E-state index in [-0.39, 0.29) is 27.2 Å². The first-order valence-corrected chi connectivity index (χ1v) is 23.5. The average Bonchev–Trinajstić information content (AvgIpc) is 3.15. The summed E-state index contributed by atoms with van der Waals surface area (Å²) in [5, 5.41) is 51.5. The van der Waals surface area contributed by atoms with Crippen molar-refractivity contribution < 1.29 is 84.4 Å². The van der Waals surface area contributed by atoms with Crippen molar-refractivity contribution in [2.24, 2.45) is 30.7 Å². The van der Waals surface area contributed by atoms with Crippen molar-refractivity contribution >= 4 is 108 Å². The van der Waals surface area contributed by atoms with Crippen molar-refractivity contribution in [1.82, 2.24) is 0 Å². The molecule has 0 aliphatic rings. The van der Waals surface area contributed by atoms with E-state index in [4.69, 9.17) is 20.6 Å². The van der Waals surface area contributed by atoms with Gasteiger partial charge in [-0.2, -0.15) is 35.5 Å². The zero-order valence-electron chi connectivity index (χ0n) is 30.5. The number of anilines is 3. The smallest absolute Gasteiger partial charge is 0.397 e. The highest BCUT2D eigenvalue weighted by atomic mass is 32.3. The second-order valence-electron chi connectivity index (χ2n) is 11.7. The van der Waals surface area contributed by atoms with Crippen molar-refractivity contribution in [1.29, 1.82) is 0 Å². The summed E-state index contributed by atoms with van der Waals surface area (Å²) in [6.07, 6.45) is 0. The minimum atomic E-state index is -5.33. The van der Waals surface area contributed by atoms with Crippen LogP contribution in [0, 0.1) is 0 Å². The molecule has 62 heavy (non-hydrogen) atoms. The second kappa shape index (κ2) is 19.0. The van der Waals surface area contributed by atoms with Crippen LogP contribution in [0.2, 0.25) is 0 Å². The molecule has 0 saturated heterocycles. The number of hydrogen-bond acceptors (Lipinski definition) is 24. The molecule has 10 N–H and O–H groups in total. The van der Waals surface area contributed by atoms with E-state index in [1.165, 1.54) is 24.3 Å². The number of azo groups is 3. The van der Waals surface area contributed by atoms with E-state index in [1.807, 2.05) is 0 Å². The van der Waals surface area contributed by atoms with Crippen LogP contribution in [0.3, 0.4) is 0 Å². The summed E-state index contributed by atoms with van der Waals surface area (Å²) in [6.45, 7) is -2.01. The molecular formula is C29H29N9O19S5. The molecule has 33 heteroatoms. The van der Waals surface area contributed by atoms with Crippen LogP contribution in [0.15, 0.2) is 112 Å². The molecule has 0 spiro atoms. The van der Waals surface area contributed by atoms with E-state index in [0.29, 0.717) is 6.07 Å². The van der Waals surface area contributed by atoms with E-state index in [1.54, 1.807) is 0 Å². The van der Waals surface area contributed by atoms with Gasteiger partial charge in [0.2, 0.25) is 0 Å². The molecule has 0 aromatic heterocycles. The lowest BCUT2D eigenvalue weighted by Gasteiger charge is -2.13. The van der Waals surface area contributed by atoms with E-state index in [9.17, 15) is 67.0 Å². The van der Waals surface area contributed by atoms with Crippen molar-refractivity contribution in [2.75, 3.05) is 41.4 Å². The summed E-state index contributed by atoms with van der Waals surface area (Å²) < 4.78 is 154. The van der Waals surface area contributed by atoms with Gasteiger partial charge in [0.05, 0.1) is 62.9 Å². The Balaban J connectivity index is 1.87. The highest BCUT2D eigenvalue weighted by Crippen LogP contribution is 2.49. The van der Waals surface area contributed by atoms with Crippen LogP contribution in [-0.4, -0.2) is 102 Å². The molecule has 0 saturated carbocycles. The largest absolute Gasteiger partial charge is 0.478 e. The Morgan fingerprint density at radius 3 is 1.42 bits per heavy atom. The first-order valence-electron chi connectivity index (χ1n) is 16.0. The summed E-state index contributed by atoms with van der Waals surface area (Å²) in [7, 11) is -24.0. The Labute approximate surface area is 349 Å². The van der Waals surface area contributed by atoms with Gasteiger partial charge in [-0.25, -0.2) is 30.0 Å². The zero-order chi connectivity index (χ0) is 46.4. The van der Waals surface area contributed by atoms with Crippen LogP contribution in [0.25, 0.3) is 0 Å². The molecule has 4 rings (SSSR count). The van der Waals surface area contributed by atoms with Gasteiger partial charge in [0, 0.05) is 0 Å². The van der Waals surface area contributed by atoms with Gasteiger partial charge in [-0.1, -0.05) is 0 Å². The molecule has 334 valence electrons. The van der Waals surface area contributed by atoms with Crippen molar-refractivity contribution in [3.63, 3.8) is 0 Å². The molecule has 0 bridgehead atoms. The minimum Gasteiger partial charge on any atom is -0.478 e. The van der Waals surface area contributed by atoms with E-state index >= 15 is 0 Å². The number of nitrogens with two attached hydrogens (primary N) is 2. The fourth-order valence-corrected chi connectivity index (χ4v) is 8.39. The van der Waals surface area contributed by atoms with E-state index in [2.05, 4.69) is 39.1 Å². The van der Waals surface area contributed by atoms with Crippen molar-refractivity contribution in [3.05, 3.63) is 72.3 Å². The number of carbonyl (C=O) groups is 1. The molecule has 0 radical (unpaired) electrons. The molecule has 0 aliphatic heterocycles. The summed E-state index contributed by atoms with van der Waals surface area (Å²) in [5.41, 5.74) is 7.04. The fraction of sp³-hybridized carbons (Fsp3) is 0.138. The predicted octanol–water partition coefficient (Wildman–Crippen LogP) is 3.81. The Hall–Kier alpha value is -5.98. The highest BCUT2D eigenvalue weighted by Gasteiger charge is 2.28. The number of nitrogen functional groups attached to an aromatic ring is 2. The van der Waals surface area contributed by atoms with Crippen LogP contribution in [0.5, 0.6) is 0 Å². The predicted molar refractivity (Wildman–Crippen MR) is 209 cm³/mol. The monoisotopic (exact) mass is 967 g/mol. The SMILES string of the molecule is Nc1c(N=Nc2ccc(S(=O)(=O)CCOS(=O)(=O)O)cc2S(=O)(=O)O)c(N)c(N=Nc2ccc(S(=O)(=O)CCOS(=O)(=O)O)cc2)c(C(=O)O)c1N=Nc1ccc(N(O)O)cc1. The lowest BCUT2D eigenvalue weighted by Crippen LogP contribution is -2.16. The second-order valence-corrected chi connectivity index (χ2v) is 19.5. The van der Waals surface area contributed by atoms with Gasteiger partial charge in [-0.15, -0.1) is 25.7 Å². The third-order valence-corrected chi connectivity index (χ3v) is 12.7. The molecule has 0 heterocycles. The maximum Gasteiger partial charge on any atom is 0.397 e. The number of nitrogens with zero attached hydrogens (tertiary/aromatic N) is 7. The van der Waals surface area contributed by atoms with Crippen LogP contribution in [0.1, 0.15) is 10.4 Å². The molecule has 0 unspecified atom stereocenters. The number of sulfone groups is 2. The van der Waals surface area contributed by atoms with Crippen LogP contribution < -0.4 is 16.7 Å². The maximum absolute atomic E-state index is 12.8. The van der Waals surface area contributed by atoms with Gasteiger partial charge in [0.1, 0.15) is 33.2 Å². The number of carboxylic acids is 1. The summed E-state index contributed by atoms with van der Waals surface area (Å²) in [4.78, 5) is 10.4. The lowest BCUT2D eigenvalue weighted by molar-refractivity contribution is 0.0291. The van der Waals surface area contributed by atoms with Crippen LogP contribution in [0.4, 0.5) is 51.2 Å². The number of rotatable bonds is 19. The van der Waals surface area contributed by atoms with E-state index in [0.717, 1.165) is 36.4 Å². The van der Waals surface area contributed by atoms with Gasteiger partial charge >= 0.3 is 26.8 Å². The fourth-order valence-electron chi connectivity index (χ4n) is 4.67. The quantitative estimate of drug-likeness (QED) is 0.0286. The molecular weight excluding hydrogens is 939 g/mol. The van der Waals surface area contributed by atoms with Crippen LogP contribution >= 0.6 is 0 Å². The van der Waals surface area contributed by atoms with Gasteiger partial charge in [0.15, 0.2) is 19.7 Å². The van der Waals surface area contributed by atoms with Crippen molar-refractivity contribution in [2.45, 2.75) is 14.7 Å². The average molecular weight is 968 g/mol. The standard InChI is InChI=1S/C29H29N9O19S5/c30-24-26(35-32-16-1-5-18(6-2-16)38(41)42)23(29(39)40)27(36-33-17-3-7-19(8-4-17)58(43,44)13-11-56-61(50,51)52)25(31)28(24)37-34-21-10-9-20(15-22(21)60(47,48)49)59(45,46)14-12-57-62(53,54)55/h1-10,15,41-42H,11-14,30-31H2,(H,39,40)(H,47,48,49)(H,50,51,52)(H,53,54,55). The molecule has 0 atom stereocenters. The summed E-state index contributed by atoms with van der Waals surface area (Å²) >= 11 is 0. The van der Waals surface area contributed by atoms with Gasteiger partial charge in [-0.05, 0) is 66.7 Å². The maximum atomic E-state index is 12.8. The molecule has 0 amide bonds. The first kappa shape index (κ1) is 48.7. The molecule has 4 aromatic rings. The normalized spacial score (nSPS) is 13.0. The summed E-state index contributed by atoms with van der Waals surface area (Å²) in [6, 6.07) is 10.9. The number of carboxylic acid groups (broad SMARTS) is 1. The Bertz CT molecular complexity index is 3040. The molecule has 4 aromatic carbocycles. The number of hydrogen-bond donors (Lipinski definition) is 8. The molecule has 0 aliphatic carbocycles. The third kappa shape index (κ3) is 13.0. The van der Waals surface area contributed by atoms with Gasteiger partial charge in [0.25, 0.3) is 10.1 Å². The number of benzene rings is 4. The Morgan fingerprint density at radius 1 is 0.581 bits per heavy atom. The third-order valence-electron chi connectivity index (χ3n) is 7.51.